The standard InChI is InChI=1S/C54H95N3O8S/c1-6-9-12-15-18-19-20-23-30-41-63-50(60)37-29-28-36-49(59)57-40-38-46-47(44-57)66-52(51(46)54(62)65-43-32-39-56(4)5)55-48(58)35-27-24-31-42-64-53(61)45(33-25-21-16-13-10-7-2)34-26-22-17-14-11-8-3/h45H,6-44H2,1-5H3,(H,55,58). The van der Waals surface area contributed by atoms with E-state index in [0.717, 1.165) is 61.9 Å². The number of nitrogens with zero attached hydrogens (tertiary/aromatic N) is 2. The van der Waals surface area contributed by atoms with Gasteiger partial charge in [-0.1, -0.05) is 149 Å². The molecule has 11 nitrogen and oxygen atoms in total. The van der Waals surface area contributed by atoms with Gasteiger partial charge in [0.1, 0.15) is 5.00 Å². The maximum atomic E-state index is 13.6. The van der Waals surface area contributed by atoms with Crippen molar-refractivity contribution in [3.05, 3.63) is 16.0 Å². The molecule has 0 spiro atoms. The predicted octanol–water partition coefficient (Wildman–Crippen LogP) is 13.5. The summed E-state index contributed by atoms with van der Waals surface area (Å²) in [5, 5.41) is 3.50. The van der Waals surface area contributed by atoms with Crippen LogP contribution in [0, 0.1) is 5.92 Å². The number of carbonyl (C=O) groups is 5. The number of carbonyl (C=O) groups excluding carboxylic acids is 5. The highest BCUT2D eigenvalue weighted by molar-refractivity contribution is 7.17. The molecule has 1 aliphatic rings. The minimum absolute atomic E-state index is 0.0207. The highest BCUT2D eigenvalue weighted by Crippen LogP contribution is 2.38. The summed E-state index contributed by atoms with van der Waals surface area (Å²) in [7, 11) is 3.95. The molecule has 0 aliphatic carbocycles. The van der Waals surface area contributed by atoms with Crippen molar-refractivity contribution in [1.29, 1.82) is 0 Å². The van der Waals surface area contributed by atoms with Gasteiger partial charge in [-0.05, 0) is 83.9 Å². The van der Waals surface area contributed by atoms with E-state index in [4.69, 9.17) is 14.2 Å². The number of unbranched alkanes of at least 4 members (excludes halogenated alkanes) is 21. The van der Waals surface area contributed by atoms with E-state index in [1.807, 2.05) is 23.9 Å². The largest absolute Gasteiger partial charge is 0.466 e. The van der Waals surface area contributed by atoms with Crippen LogP contribution in [-0.2, 0) is 46.4 Å². The Morgan fingerprint density at radius 1 is 0.591 bits per heavy atom. The Kier molecular flexibility index (Phi) is 34.9. The lowest BCUT2D eigenvalue weighted by Gasteiger charge is -2.27. The Balaban J connectivity index is 1.83. The molecule has 0 fully saturated rings. The second kappa shape index (κ2) is 38.9. The molecule has 12 heteroatoms. The molecule has 0 bridgehead atoms. The molecule has 1 aromatic rings. The molecule has 2 amide bonds. The van der Waals surface area contributed by atoms with E-state index in [9.17, 15) is 24.0 Å². The summed E-state index contributed by atoms with van der Waals surface area (Å²) in [6, 6.07) is 0. The molecular weight excluding hydrogens is 851 g/mol. The first kappa shape index (κ1) is 59.1. The number of ether oxygens (including phenoxy) is 3. The monoisotopic (exact) mass is 946 g/mol. The van der Waals surface area contributed by atoms with Crippen molar-refractivity contribution in [3.8, 4) is 0 Å². The van der Waals surface area contributed by atoms with Crippen LogP contribution >= 0.6 is 11.3 Å². The van der Waals surface area contributed by atoms with E-state index in [-0.39, 0.29) is 42.7 Å². The normalized spacial score (nSPS) is 12.4. The molecule has 1 N–H and O–H groups in total. The predicted molar refractivity (Wildman–Crippen MR) is 271 cm³/mol. The third-order valence-corrected chi connectivity index (χ3v) is 14.0. The van der Waals surface area contributed by atoms with Crippen molar-refractivity contribution in [2.24, 2.45) is 5.92 Å². The van der Waals surface area contributed by atoms with E-state index in [0.29, 0.717) is 88.2 Å². The Morgan fingerprint density at radius 3 is 1.68 bits per heavy atom. The summed E-state index contributed by atoms with van der Waals surface area (Å²) in [4.78, 5) is 70.4. The molecule has 1 aromatic heterocycles. The first-order valence-corrected chi connectivity index (χ1v) is 27.8. The van der Waals surface area contributed by atoms with Crippen molar-refractivity contribution in [2.75, 3.05) is 52.3 Å². The minimum Gasteiger partial charge on any atom is -0.466 e. The van der Waals surface area contributed by atoms with Crippen LogP contribution in [0.4, 0.5) is 5.00 Å². The maximum Gasteiger partial charge on any atom is 0.341 e. The third kappa shape index (κ3) is 27.7. The lowest BCUT2D eigenvalue weighted by Crippen LogP contribution is -2.35. The fourth-order valence-electron chi connectivity index (χ4n) is 8.68. The lowest BCUT2D eigenvalue weighted by atomic mass is 9.94. The zero-order valence-electron chi connectivity index (χ0n) is 42.7. The summed E-state index contributed by atoms with van der Waals surface area (Å²) >= 11 is 1.35. The average Bonchev–Trinajstić information content (AvgIpc) is 3.66. The molecule has 380 valence electrons. The van der Waals surface area contributed by atoms with Gasteiger partial charge in [-0.15, -0.1) is 11.3 Å². The number of hydrogen-bond donors (Lipinski definition) is 1. The quantitative estimate of drug-likeness (QED) is 0.0386. The van der Waals surface area contributed by atoms with Crippen LogP contribution in [0.5, 0.6) is 0 Å². The van der Waals surface area contributed by atoms with Gasteiger partial charge in [0.15, 0.2) is 0 Å². The zero-order valence-corrected chi connectivity index (χ0v) is 43.5. The van der Waals surface area contributed by atoms with Gasteiger partial charge < -0.3 is 29.3 Å². The van der Waals surface area contributed by atoms with Gasteiger partial charge in [-0.2, -0.15) is 0 Å². The summed E-state index contributed by atoms with van der Waals surface area (Å²) in [5.41, 5.74) is 1.25. The number of thiophene rings is 1. The molecule has 0 atom stereocenters. The topological polar surface area (TPSA) is 132 Å². The molecule has 0 saturated heterocycles. The highest BCUT2D eigenvalue weighted by Gasteiger charge is 2.31. The fourth-order valence-corrected chi connectivity index (χ4v) is 9.95. The molecule has 2 heterocycles. The van der Waals surface area contributed by atoms with Crippen LogP contribution in [-0.4, -0.2) is 86.5 Å². The van der Waals surface area contributed by atoms with Gasteiger partial charge in [0.25, 0.3) is 0 Å². The van der Waals surface area contributed by atoms with Gasteiger partial charge in [0, 0.05) is 37.2 Å². The van der Waals surface area contributed by atoms with Crippen LogP contribution in [0.25, 0.3) is 0 Å². The second-order valence-corrected chi connectivity index (χ2v) is 20.3. The van der Waals surface area contributed by atoms with Gasteiger partial charge in [0.2, 0.25) is 11.8 Å². The van der Waals surface area contributed by atoms with Gasteiger partial charge in [0.05, 0.1) is 37.8 Å². The number of amides is 2. The van der Waals surface area contributed by atoms with E-state index in [2.05, 4.69) is 26.1 Å². The van der Waals surface area contributed by atoms with Crippen LogP contribution in [0.2, 0.25) is 0 Å². The van der Waals surface area contributed by atoms with Crippen molar-refractivity contribution >= 4 is 46.1 Å². The van der Waals surface area contributed by atoms with E-state index < -0.39 is 5.97 Å². The number of rotatable bonds is 42. The summed E-state index contributed by atoms with van der Waals surface area (Å²) < 4.78 is 17.0. The summed E-state index contributed by atoms with van der Waals surface area (Å²) in [5.74, 6) is -0.878. The Labute approximate surface area is 406 Å². The van der Waals surface area contributed by atoms with E-state index in [1.165, 1.54) is 120 Å². The number of nitrogens with one attached hydrogen (secondary N) is 1. The zero-order chi connectivity index (χ0) is 48.0. The Hall–Kier alpha value is -2.99. The van der Waals surface area contributed by atoms with Crippen molar-refractivity contribution in [3.63, 3.8) is 0 Å². The van der Waals surface area contributed by atoms with E-state index >= 15 is 0 Å². The molecule has 0 saturated carbocycles. The number of hydrogen-bond acceptors (Lipinski definition) is 10. The molecule has 66 heavy (non-hydrogen) atoms. The first-order valence-electron chi connectivity index (χ1n) is 27.0. The van der Waals surface area contributed by atoms with Gasteiger partial charge >= 0.3 is 17.9 Å². The lowest BCUT2D eigenvalue weighted by molar-refractivity contribution is -0.149. The molecule has 1 aliphatic heterocycles. The minimum atomic E-state index is -0.445. The second-order valence-electron chi connectivity index (χ2n) is 19.2. The first-order chi connectivity index (χ1) is 32.1. The van der Waals surface area contributed by atoms with E-state index in [1.54, 1.807) is 0 Å². The Morgan fingerprint density at radius 2 is 1.09 bits per heavy atom. The maximum absolute atomic E-state index is 13.6. The van der Waals surface area contributed by atoms with Gasteiger partial charge in [-0.25, -0.2) is 4.79 Å². The molecule has 2 rings (SSSR count). The summed E-state index contributed by atoms with van der Waals surface area (Å²) in [6.45, 7) is 9.43. The third-order valence-electron chi connectivity index (χ3n) is 12.8. The van der Waals surface area contributed by atoms with Crippen molar-refractivity contribution < 1.29 is 38.2 Å². The van der Waals surface area contributed by atoms with Crippen molar-refractivity contribution in [1.82, 2.24) is 9.80 Å². The SMILES string of the molecule is CCCCCCCCCCCOC(=O)CCCCC(=O)N1CCc2c(sc(NC(=O)CCCCCOC(=O)C(CCCCCCCC)CCCCCCCC)c2C(=O)OCCCN(C)C)C1. The molecule has 0 radical (unpaired) electrons. The van der Waals surface area contributed by atoms with Crippen LogP contribution in [0.3, 0.4) is 0 Å². The molecule has 0 aromatic carbocycles. The van der Waals surface area contributed by atoms with Crippen LogP contribution in [0.1, 0.15) is 247 Å². The Bertz CT molecular complexity index is 1450. The number of esters is 3. The molecule has 0 unspecified atom stereocenters. The number of anilines is 1. The summed E-state index contributed by atoms with van der Waals surface area (Å²) in [6.07, 6.45) is 32.7. The van der Waals surface area contributed by atoms with Gasteiger partial charge in [-0.3, -0.25) is 19.2 Å². The highest BCUT2D eigenvalue weighted by atomic mass is 32.1. The fraction of sp³-hybridized carbons (Fsp3) is 0.833. The average molecular weight is 946 g/mol. The van der Waals surface area contributed by atoms with Crippen LogP contribution in [0.15, 0.2) is 0 Å². The van der Waals surface area contributed by atoms with Crippen LogP contribution < -0.4 is 5.32 Å². The van der Waals surface area contributed by atoms with Crippen molar-refractivity contribution in [2.45, 2.75) is 239 Å². The number of fused-ring (bicyclic) bond motifs is 1. The smallest absolute Gasteiger partial charge is 0.341 e. The molecular formula is C54H95N3O8S.